The summed E-state index contributed by atoms with van der Waals surface area (Å²) in [5.74, 6) is 2.40. The molecule has 1 aromatic carbocycles. The average molecular weight is 452 g/mol. The molecule has 0 aliphatic carbocycles. The number of aromatic nitrogens is 4. The van der Waals surface area contributed by atoms with E-state index < -0.39 is 0 Å². The third kappa shape index (κ3) is 4.43. The minimum absolute atomic E-state index is 0.219. The van der Waals surface area contributed by atoms with E-state index >= 15 is 0 Å². The predicted octanol–water partition coefficient (Wildman–Crippen LogP) is 2.02. The molecule has 3 aromatic rings. The van der Waals surface area contributed by atoms with E-state index in [1.807, 2.05) is 18.2 Å². The Morgan fingerprint density at radius 3 is 3.06 bits per heavy atom. The van der Waals surface area contributed by atoms with Crippen molar-refractivity contribution in [2.24, 2.45) is 5.73 Å². The van der Waals surface area contributed by atoms with Crippen molar-refractivity contribution in [3.05, 3.63) is 47.9 Å². The van der Waals surface area contributed by atoms with Crippen LogP contribution in [-0.4, -0.2) is 69.5 Å². The Kier molecular flexibility index (Phi) is 6.25. The Balaban J connectivity index is 1.28. The lowest BCUT2D eigenvalue weighted by Crippen LogP contribution is -2.37. The molecule has 10 nitrogen and oxygen atoms in total. The number of fused-ring (bicyclic) bond motifs is 2. The van der Waals surface area contributed by atoms with Crippen LogP contribution in [0.1, 0.15) is 30.4 Å². The summed E-state index contributed by atoms with van der Waals surface area (Å²) in [5.41, 5.74) is 7.78. The monoisotopic (exact) mass is 451 g/mol. The van der Waals surface area contributed by atoms with Gasteiger partial charge in [-0.1, -0.05) is 12.1 Å². The van der Waals surface area contributed by atoms with Crippen molar-refractivity contribution in [1.29, 1.82) is 0 Å². The molecule has 1 amide bonds. The molecular formula is C23H29N7O3. The number of carbonyl (C=O) groups excluding carboxylic acids is 1. The Morgan fingerprint density at radius 2 is 2.15 bits per heavy atom. The fourth-order valence-corrected chi connectivity index (χ4v) is 4.62. The highest BCUT2D eigenvalue weighted by atomic mass is 16.6. The Labute approximate surface area is 192 Å². The number of anilines is 1. The standard InChI is InChI=1S/C23H29N7O3/c24-9-3-13-32-23(31)28-12-8-17-4-1-6-20(19(17)14-28)33-15-18-5-2-11-29(18)21-7-10-25-22-26-16-27-30(21)22/h1,4,6-7,10,16,18H,2-3,5,8-9,11-15,24H2. The van der Waals surface area contributed by atoms with Gasteiger partial charge in [-0.25, -0.2) is 9.78 Å². The van der Waals surface area contributed by atoms with Crippen LogP contribution in [-0.2, 0) is 17.7 Å². The Bertz CT molecular complexity index is 1120. The molecule has 33 heavy (non-hydrogen) atoms. The zero-order valence-corrected chi connectivity index (χ0v) is 18.6. The van der Waals surface area contributed by atoms with E-state index in [0.29, 0.717) is 45.0 Å². The maximum absolute atomic E-state index is 12.4. The second-order valence-electron chi connectivity index (χ2n) is 8.40. The Hall–Kier alpha value is -3.40. The molecule has 2 aromatic heterocycles. The van der Waals surface area contributed by atoms with Crippen LogP contribution in [0.2, 0.25) is 0 Å². The highest BCUT2D eigenvalue weighted by Gasteiger charge is 2.29. The van der Waals surface area contributed by atoms with E-state index in [1.165, 1.54) is 11.9 Å². The van der Waals surface area contributed by atoms with Gasteiger partial charge in [-0.2, -0.15) is 14.6 Å². The number of hydrogen-bond donors (Lipinski definition) is 1. The molecule has 2 aliphatic heterocycles. The lowest BCUT2D eigenvalue weighted by atomic mass is 9.99. The van der Waals surface area contributed by atoms with E-state index in [-0.39, 0.29) is 12.1 Å². The minimum Gasteiger partial charge on any atom is -0.491 e. The molecule has 5 rings (SSSR count). The fourth-order valence-electron chi connectivity index (χ4n) is 4.62. The van der Waals surface area contributed by atoms with Gasteiger partial charge >= 0.3 is 6.09 Å². The van der Waals surface area contributed by atoms with Gasteiger partial charge in [0.05, 0.1) is 19.2 Å². The van der Waals surface area contributed by atoms with E-state index in [2.05, 4.69) is 26.0 Å². The van der Waals surface area contributed by atoms with Crippen molar-refractivity contribution < 1.29 is 14.3 Å². The number of ether oxygens (including phenoxy) is 2. The number of nitrogens with two attached hydrogens (primary N) is 1. The summed E-state index contributed by atoms with van der Waals surface area (Å²) in [4.78, 5) is 25.0. The molecule has 0 spiro atoms. The smallest absolute Gasteiger partial charge is 0.410 e. The summed E-state index contributed by atoms with van der Waals surface area (Å²) in [7, 11) is 0. The number of carbonyl (C=O) groups is 1. The first-order valence-electron chi connectivity index (χ1n) is 11.5. The SMILES string of the molecule is NCCCOC(=O)N1CCc2cccc(OCC3CCCN3c3ccnc4ncnn34)c2C1. The molecule has 0 bridgehead atoms. The predicted molar refractivity (Wildman–Crippen MR) is 122 cm³/mol. The van der Waals surface area contributed by atoms with Crippen LogP contribution in [0.4, 0.5) is 10.6 Å². The maximum atomic E-state index is 12.4. The van der Waals surface area contributed by atoms with Crippen LogP contribution in [0.15, 0.2) is 36.8 Å². The molecule has 2 N–H and O–H groups in total. The molecule has 0 saturated carbocycles. The molecule has 1 unspecified atom stereocenters. The Morgan fingerprint density at radius 1 is 1.21 bits per heavy atom. The third-order valence-electron chi connectivity index (χ3n) is 6.33. The quantitative estimate of drug-likeness (QED) is 0.543. The van der Waals surface area contributed by atoms with Gasteiger partial charge in [-0.3, -0.25) is 0 Å². The zero-order valence-electron chi connectivity index (χ0n) is 18.6. The molecule has 4 heterocycles. The molecular weight excluding hydrogens is 422 g/mol. The second kappa shape index (κ2) is 9.62. The van der Waals surface area contributed by atoms with Gasteiger partial charge in [0.15, 0.2) is 0 Å². The van der Waals surface area contributed by atoms with E-state index in [1.54, 1.807) is 15.6 Å². The molecule has 10 heteroatoms. The molecule has 0 radical (unpaired) electrons. The first-order chi connectivity index (χ1) is 16.2. The molecule has 2 aliphatic rings. The number of hydrogen-bond acceptors (Lipinski definition) is 8. The van der Waals surface area contributed by atoms with Gasteiger partial charge in [0.25, 0.3) is 5.78 Å². The van der Waals surface area contributed by atoms with Crippen molar-refractivity contribution in [1.82, 2.24) is 24.5 Å². The summed E-state index contributed by atoms with van der Waals surface area (Å²) >= 11 is 0. The highest BCUT2D eigenvalue weighted by Crippen LogP contribution is 2.30. The van der Waals surface area contributed by atoms with Crippen molar-refractivity contribution in [2.45, 2.75) is 38.3 Å². The van der Waals surface area contributed by atoms with Crippen molar-refractivity contribution in [3.63, 3.8) is 0 Å². The first-order valence-corrected chi connectivity index (χ1v) is 11.5. The van der Waals surface area contributed by atoms with Crippen LogP contribution in [0.25, 0.3) is 5.78 Å². The summed E-state index contributed by atoms with van der Waals surface area (Å²) in [6.07, 6.45) is 6.58. The van der Waals surface area contributed by atoms with E-state index in [0.717, 1.165) is 42.9 Å². The topological polar surface area (TPSA) is 111 Å². The summed E-state index contributed by atoms with van der Waals surface area (Å²) < 4.78 is 13.5. The largest absolute Gasteiger partial charge is 0.491 e. The van der Waals surface area contributed by atoms with Crippen LogP contribution < -0.4 is 15.4 Å². The van der Waals surface area contributed by atoms with E-state index in [9.17, 15) is 4.79 Å². The lowest BCUT2D eigenvalue weighted by molar-refractivity contribution is 0.0968. The van der Waals surface area contributed by atoms with Crippen molar-refractivity contribution >= 4 is 17.7 Å². The fraction of sp³-hybridized carbons (Fsp3) is 0.478. The normalized spacial score (nSPS) is 17.9. The molecule has 1 fully saturated rings. The number of benzene rings is 1. The zero-order chi connectivity index (χ0) is 22.6. The van der Waals surface area contributed by atoms with Gasteiger partial charge < -0.3 is 25.0 Å². The van der Waals surface area contributed by atoms with Crippen LogP contribution in [0.3, 0.4) is 0 Å². The van der Waals surface area contributed by atoms with Crippen molar-refractivity contribution in [3.8, 4) is 5.75 Å². The summed E-state index contributed by atoms with van der Waals surface area (Å²) in [6.45, 7) is 3.48. The summed E-state index contributed by atoms with van der Waals surface area (Å²) in [5, 5.41) is 4.33. The molecule has 1 saturated heterocycles. The van der Waals surface area contributed by atoms with Crippen molar-refractivity contribution in [2.75, 3.05) is 37.7 Å². The number of amides is 1. The average Bonchev–Trinajstić information content (AvgIpc) is 3.52. The third-order valence-corrected chi connectivity index (χ3v) is 6.33. The van der Waals surface area contributed by atoms with Crippen LogP contribution >= 0.6 is 0 Å². The van der Waals surface area contributed by atoms with Gasteiger partial charge in [0.2, 0.25) is 0 Å². The molecule has 174 valence electrons. The minimum atomic E-state index is -0.291. The van der Waals surface area contributed by atoms with Gasteiger partial charge in [0, 0.05) is 24.8 Å². The van der Waals surface area contributed by atoms with Gasteiger partial charge in [-0.15, -0.1) is 0 Å². The van der Waals surface area contributed by atoms with Gasteiger partial charge in [0.1, 0.15) is 24.5 Å². The van der Waals surface area contributed by atoms with E-state index in [4.69, 9.17) is 15.2 Å². The lowest BCUT2D eigenvalue weighted by Gasteiger charge is -2.30. The van der Waals surface area contributed by atoms with Crippen LogP contribution in [0, 0.1) is 0 Å². The number of nitrogens with zero attached hydrogens (tertiary/aromatic N) is 6. The highest BCUT2D eigenvalue weighted by molar-refractivity contribution is 5.68. The summed E-state index contributed by atoms with van der Waals surface area (Å²) in [6, 6.07) is 8.32. The molecule has 1 atom stereocenters. The maximum Gasteiger partial charge on any atom is 0.410 e. The second-order valence-corrected chi connectivity index (χ2v) is 8.40. The number of rotatable bonds is 7. The van der Waals surface area contributed by atoms with Crippen LogP contribution in [0.5, 0.6) is 5.75 Å². The van der Waals surface area contributed by atoms with Gasteiger partial charge in [-0.05, 0) is 49.9 Å². The first kappa shape index (κ1) is 21.4.